The minimum atomic E-state index is -0.885. The van der Waals surface area contributed by atoms with Crippen LogP contribution in [0.15, 0.2) is 47.4 Å². The van der Waals surface area contributed by atoms with E-state index in [2.05, 4.69) is 27.7 Å². The van der Waals surface area contributed by atoms with E-state index in [4.69, 9.17) is 11.6 Å². The summed E-state index contributed by atoms with van der Waals surface area (Å²) in [5, 5.41) is 9.85. The van der Waals surface area contributed by atoms with Crippen LogP contribution in [0.2, 0.25) is 5.02 Å². The summed E-state index contributed by atoms with van der Waals surface area (Å²) in [6.07, 6.45) is 6.00. The number of anilines is 2. The molecule has 7 rings (SSSR count). The number of nitrogens with one attached hydrogen (secondary N) is 2. The van der Waals surface area contributed by atoms with Gasteiger partial charge in [0.05, 0.1) is 23.5 Å². The average Bonchev–Trinajstić information content (AvgIpc) is 3.13. The van der Waals surface area contributed by atoms with Gasteiger partial charge in [0.2, 0.25) is 11.8 Å². The van der Waals surface area contributed by atoms with Crippen molar-refractivity contribution in [3.63, 3.8) is 0 Å². The van der Waals surface area contributed by atoms with Crippen LogP contribution in [0.4, 0.5) is 20.2 Å². The Hall–Kier alpha value is -4.36. The minimum absolute atomic E-state index is 0.0144. The average molecular weight is 736 g/mol. The second-order valence-electron chi connectivity index (χ2n) is 15.0. The smallest absolute Gasteiger partial charge is 0.287 e. The summed E-state index contributed by atoms with van der Waals surface area (Å²) < 4.78 is 31.7. The van der Waals surface area contributed by atoms with E-state index < -0.39 is 29.4 Å². The van der Waals surface area contributed by atoms with Crippen LogP contribution in [0.25, 0.3) is 0 Å². The number of hydrogen-bond acceptors (Lipinski definition) is 8. The van der Waals surface area contributed by atoms with Crippen LogP contribution in [0.5, 0.6) is 0 Å². The molecule has 4 saturated heterocycles. The molecule has 14 heteroatoms. The number of aromatic nitrogens is 2. The molecule has 2 aromatic carbocycles. The third-order valence-electron chi connectivity index (χ3n) is 11.7. The van der Waals surface area contributed by atoms with Crippen molar-refractivity contribution in [3.8, 4) is 0 Å². The first-order chi connectivity index (χ1) is 24.9. The third kappa shape index (κ3) is 7.30. The van der Waals surface area contributed by atoms with E-state index in [0.29, 0.717) is 37.4 Å². The van der Waals surface area contributed by atoms with Crippen LogP contribution in [0.3, 0.4) is 0 Å². The molecule has 1 spiro atoms. The van der Waals surface area contributed by atoms with Gasteiger partial charge in [-0.15, -0.1) is 0 Å². The molecule has 52 heavy (non-hydrogen) atoms. The fraction of sp³-hybridized carbons (Fsp3) is 0.500. The molecule has 0 radical (unpaired) electrons. The van der Waals surface area contributed by atoms with Gasteiger partial charge in [0.1, 0.15) is 16.7 Å². The Kier molecular flexibility index (Phi) is 10.1. The second-order valence-corrected chi connectivity index (χ2v) is 15.4. The van der Waals surface area contributed by atoms with E-state index in [1.165, 1.54) is 10.7 Å². The fourth-order valence-electron chi connectivity index (χ4n) is 8.53. The monoisotopic (exact) mass is 735 g/mol. The summed E-state index contributed by atoms with van der Waals surface area (Å²) in [6, 6.07) is 10.3. The predicted molar refractivity (Wildman–Crippen MR) is 194 cm³/mol. The zero-order valence-corrected chi connectivity index (χ0v) is 30.2. The predicted octanol–water partition coefficient (Wildman–Crippen LogP) is 4.65. The highest BCUT2D eigenvalue weighted by Gasteiger charge is 2.40. The van der Waals surface area contributed by atoms with Gasteiger partial charge >= 0.3 is 0 Å². The quantitative estimate of drug-likeness (QED) is 0.352. The zero-order valence-electron chi connectivity index (χ0n) is 29.5. The first kappa shape index (κ1) is 36.0. The van der Waals surface area contributed by atoms with Gasteiger partial charge in [0, 0.05) is 76.0 Å². The van der Waals surface area contributed by atoms with Crippen LogP contribution in [-0.4, -0.2) is 89.7 Å². The molecular formula is C38H44ClF2N7O4. The molecule has 4 aliphatic heterocycles. The number of halogens is 3. The Bertz CT molecular complexity index is 1920. The zero-order chi connectivity index (χ0) is 36.7. The van der Waals surface area contributed by atoms with Gasteiger partial charge < -0.3 is 20.0 Å². The number of nitrogens with zero attached hydrogens (tertiary/aromatic N) is 5. The molecule has 0 saturated carbocycles. The van der Waals surface area contributed by atoms with Crippen LogP contribution < -0.4 is 21.1 Å². The van der Waals surface area contributed by atoms with Crippen LogP contribution in [0.1, 0.15) is 78.3 Å². The molecule has 3 aromatic rings. The van der Waals surface area contributed by atoms with Crippen molar-refractivity contribution in [3.05, 3.63) is 86.3 Å². The van der Waals surface area contributed by atoms with Crippen molar-refractivity contribution in [2.45, 2.75) is 62.8 Å². The Labute approximate surface area is 306 Å². The number of carbonyl (C=O) groups is 3. The highest BCUT2D eigenvalue weighted by Crippen LogP contribution is 2.43. The first-order valence-corrected chi connectivity index (χ1v) is 18.4. The Morgan fingerprint density at radius 1 is 0.962 bits per heavy atom. The summed E-state index contributed by atoms with van der Waals surface area (Å²) >= 11 is 6.30. The molecule has 5 heterocycles. The molecule has 3 atom stereocenters. The number of carbonyl (C=O) groups excluding carboxylic acids is 3. The van der Waals surface area contributed by atoms with Crippen molar-refractivity contribution in [2.75, 3.05) is 56.5 Å². The third-order valence-corrected chi connectivity index (χ3v) is 12.0. The summed E-state index contributed by atoms with van der Waals surface area (Å²) in [5.41, 5.74) is 2.21. The van der Waals surface area contributed by atoms with E-state index in [-0.39, 0.29) is 58.0 Å². The van der Waals surface area contributed by atoms with Crippen molar-refractivity contribution in [2.24, 2.45) is 12.5 Å². The van der Waals surface area contributed by atoms with E-state index >= 15 is 8.78 Å². The van der Waals surface area contributed by atoms with Gasteiger partial charge in [0.25, 0.3) is 11.5 Å². The van der Waals surface area contributed by atoms with E-state index in [1.807, 2.05) is 34.1 Å². The van der Waals surface area contributed by atoms with Gasteiger partial charge in [-0.2, -0.15) is 5.10 Å². The lowest BCUT2D eigenvalue weighted by Gasteiger charge is -2.47. The highest BCUT2D eigenvalue weighted by molar-refractivity contribution is 6.32. The number of rotatable bonds is 6. The lowest BCUT2D eigenvalue weighted by atomic mass is 9.71. The number of imide groups is 1. The van der Waals surface area contributed by atoms with E-state index in [9.17, 15) is 19.2 Å². The van der Waals surface area contributed by atoms with Gasteiger partial charge in [-0.25, -0.2) is 13.5 Å². The Morgan fingerprint density at radius 2 is 1.65 bits per heavy atom. The van der Waals surface area contributed by atoms with Gasteiger partial charge in [0.15, 0.2) is 0 Å². The molecule has 1 unspecified atom stereocenters. The summed E-state index contributed by atoms with van der Waals surface area (Å²) in [7, 11) is 3.63. The van der Waals surface area contributed by atoms with Crippen molar-refractivity contribution < 1.29 is 23.2 Å². The number of hydrogen-bond donors (Lipinski definition) is 2. The SMILES string of the molecule is CN1C[C@H](Nc2cnn(C)c(=O)c2Cl)C[C@H](c2ccc(C(=O)N3CCC4(CC3)CCN(c3cc(F)c(C5CCC(=O)NC5=O)cc3F)CC4)cc2)C1. The second kappa shape index (κ2) is 14.6. The van der Waals surface area contributed by atoms with Crippen molar-refractivity contribution >= 4 is 40.7 Å². The topological polar surface area (TPSA) is 120 Å². The lowest BCUT2D eigenvalue weighted by Crippen LogP contribution is -2.48. The number of likely N-dealkylation sites (tertiary alicyclic amines) is 2. The van der Waals surface area contributed by atoms with Gasteiger partial charge in [-0.3, -0.25) is 24.5 Å². The Morgan fingerprint density at radius 3 is 2.35 bits per heavy atom. The number of likely N-dealkylation sites (N-methyl/N-ethyl adjacent to an activating group) is 1. The summed E-state index contributed by atoms with van der Waals surface area (Å²) in [5.74, 6) is -2.85. The lowest BCUT2D eigenvalue weighted by molar-refractivity contribution is -0.134. The number of benzene rings is 2. The molecule has 0 aliphatic carbocycles. The Balaban J connectivity index is 0.923. The maximum atomic E-state index is 15.3. The van der Waals surface area contributed by atoms with Gasteiger partial charge in [-0.05, 0) is 80.7 Å². The molecule has 2 N–H and O–H groups in total. The van der Waals surface area contributed by atoms with Crippen LogP contribution in [0, 0.1) is 17.0 Å². The highest BCUT2D eigenvalue weighted by atomic mass is 35.5. The van der Waals surface area contributed by atoms with Gasteiger partial charge in [-0.1, -0.05) is 23.7 Å². The number of piperidine rings is 4. The molecule has 3 amide bonds. The number of amides is 3. The van der Waals surface area contributed by atoms with E-state index in [0.717, 1.165) is 56.8 Å². The molecule has 4 fully saturated rings. The largest absolute Gasteiger partial charge is 0.378 e. The fourth-order valence-corrected chi connectivity index (χ4v) is 8.76. The molecule has 4 aliphatic rings. The first-order valence-electron chi connectivity index (χ1n) is 18.0. The molecule has 0 bridgehead atoms. The van der Waals surface area contributed by atoms with Crippen molar-refractivity contribution in [1.82, 2.24) is 24.9 Å². The molecular weight excluding hydrogens is 692 g/mol. The summed E-state index contributed by atoms with van der Waals surface area (Å²) in [4.78, 5) is 55.6. The number of aryl methyl sites for hydroxylation is 1. The molecule has 11 nitrogen and oxygen atoms in total. The normalized spacial score (nSPS) is 23.8. The van der Waals surface area contributed by atoms with Crippen LogP contribution >= 0.6 is 11.6 Å². The van der Waals surface area contributed by atoms with E-state index in [1.54, 1.807) is 13.2 Å². The molecule has 1 aromatic heterocycles. The maximum absolute atomic E-state index is 15.3. The molecule has 276 valence electrons. The standard InChI is InChI=1S/C38H44ClF2N7O4/c1-45-21-25(17-26(22-45)43-31-20-42-46(2)37(52)34(31)39)23-3-5-24(6-4-23)36(51)48-15-11-38(12-16-48)9-13-47(14-10-38)32-19-29(40)28(18-30(32)41)27-7-8-33(49)44-35(27)50/h3-6,18-20,25-27,43H,7-17,21-22H2,1-2H3,(H,44,49,50)/t25-,26+,27?/m0/s1. The minimum Gasteiger partial charge on any atom is -0.378 e. The van der Waals surface area contributed by atoms with Crippen molar-refractivity contribution in [1.29, 1.82) is 0 Å². The summed E-state index contributed by atoms with van der Waals surface area (Å²) in [6.45, 7) is 4.10. The maximum Gasteiger partial charge on any atom is 0.287 e. The van der Waals surface area contributed by atoms with Crippen LogP contribution in [-0.2, 0) is 16.6 Å².